The lowest BCUT2D eigenvalue weighted by Gasteiger charge is -2.10. The molecule has 0 radical (unpaired) electrons. The van der Waals surface area contributed by atoms with E-state index in [1.165, 1.54) is 0 Å². The Kier molecular flexibility index (Phi) is 6.35. The number of hydrogen-bond acceptors (Lipinski definition) is 4. The normalized spacial score (nSPS) is 12.3. The van der Waals surface area contributed by atoms with Crippen LogP contribution in [0, 0.1) is 0 Å². The Morgan fingerprint density at radius 2 is 2.28 bits per heavy atom. The van der Waals surface area contributed by atoms with Crippen LogP contribution in [0.5, 0.6) is 0 Å². The number of carboxylic acid groups (broad SMARTS) is 1. The third-order valence-corrected chi connectivity index (χ3v) is 2.52. The van der Waals surface area contributed by atoms with Crippen LogP contribution < -0.4 is 5.32 Å². The number of nitrogens with one attached hydrogen (secondary N) is 1. The number of aromatic carboxylic acids is 1. The highest BCUT2D eigenvalue weighted by Gasteiger charge is 2.04. The van der Waals surface area contributed by atoms with Gasteiger partial charge in [-0.15, -0.1) is 0 Å². The number of rotatable bonds is 8. The average molecular weight is 253 g/mol. The molecule has 0 bridgehead atoms. The third kappa shape index (κ3) is 5.27. The van der Waals surface area contributed by atoms with Gasteiger partial charge >= 0.3 is 5.97 Å². The van der Waals surface area contributed by atoms with Gasteiger partial charge in [0.05, 0.1) is 18.3 Å². The molecule has 0 aliphatic carbocycles. The predicted octanol–water partition coefficient (Wildman–Crippen LogP) is 0.872. The quantitative estimate of drug-likeness (QED) is 0.599. The lowest BCUT2D eigenvalue weighted by Crippen LogP contribution is -2.23. The fourth-order valence-electron chi connectivity index (χ4n) is 1.59. The molecule has 0 saturated carbocycles. The molecule has 1 aromatic carbocycles. The Morgan fingerprint density at radius 1 is 1.50 bits per heavy atom. The van der Waals surface area contributed by atoms with E-state index >= 15 is 0 Å². The van der Waals surface area contributed by atoms with E-state index < -0.39 is 12.1 Å². The lowest BCUT2D eigenvalue weighted by atomic mass is 10.1. The zero-order valence-corrected chi connectivity index (χ0v) is 10.4. The highest BCUT2D eigenvalue weighted by Crippen LogP contribution is 2.05. The van der Waals surface area contributed by atoms with E-state index in [1.807, 2.05) is 6.07 Å². The summed E-state index contributed by atoms with van der Waals surface area (Å²) in [6.07, 6.45) is 0.139. The third-order valence-electron chi connectivity index (χ3n) is 2.52. The molecule has 5 heteroatoms. The molecule has 100 valence electrons. The molecule has 1 aromatic rings. The predicted molar refractivity (Wildman–Crippen MR) is 67.6 cm³/mol. The molecule has 18 heavy (non-hydrogen) atoms. The maximum atomic E-state index is 10.8. The maximum absolute atomic E-state index is 10.8. The number of ether oxygens (including phenoxy) is 1. The van der Waals surface area contributed by atoms with Gasteiger partial charge in [0.25, 0.3) is 0 Å². The van der Waals surface area contributed by atoms with Crippen molar-refractivity contribution in [1.82, 2.24) is 5.32 Å². The number of aliphatic hydroxyl groups excluding tert-OH is 1. The van der Waals surface area contributed by atoms with Crippen molar-refractivity contribution in [3.63, 3.8) is 0 Å². The van der Waals surface area contributed by atoms with Crippen LogP contribution in [-0.2, 0) is 11.3 Å². The second-order valence-electron chi connectivity index (χ2n) is 4.08. The van der Waals surface area contributed by atoms with Crippen LogP contribution in [-0.4, -0.2) is 42.5 Å². The van der Waals surface area contributed by atoms with Crippen molar-refractivity contribution in [2.45, 2.75) is 19.1 Å². The van der Waals surface area contributed by atoms with E-state index in [1.54, 1.807) is 25.3 Å². The first-order valence-corrected chi connectivity index (χ1v) is 5.83. The van der Waals surface area contributed by atoms with Crippen LogP contribution in [0.4, 0.5) is 0 Å². The molecule has 3 N–H and O–H groups in total. The zero-order valence-electron chi connectivity index (χ0n) is 10.4. The van der Waals surface area contributed by atoms with Gasteiger partial charge < -0.3 is 20.3 Å². The zero-order chi connectivity index (χ0) is 13.4. The molecule has 0 aliphatic heterocycles. The molecule has 0 saturated heterocycles. The summed E-state index contributed by atoms with van der Waals surface area (Å²) < 4.78 is 4.82. The van der Waals surface area contributed by atoms with Crippen LogP contribution in [0.15, 0.2) is 24.3 Å². The summed E-state index contributed by atoms with van der Waals surface area (Å²) in [5, 5.41) is 21.4. The molecule has 1 unspecified atom stereocenters. The number of benzene rings is 1. The van der Waals surface area contributed by atoms with E-state index in [0.29, 0.717) is 26.1 Å². The Labute approximate surface area is 106 Å². The van der Waals surface area contributed by atoms with Crippen LogP contribution in [0.25, 0.3) is 0 Å². The van der Waals surface area contributed by atoms with Crippen LogP contribution in [0.2, 0.25) is 0 Å². The van der Waals surface area contributed by atoms with Gasteiger partial charge in [-0.1, -0.05) is 12.1 Å². The van der Waals surface area contributed by atoms with Gasteiger partial charge in [0, 0.05) is 13.7 Å². The molecule has 1 atom stereocenters. The van der Waals surface area contributed by atoms with Crippen molar-refractivity contribution in [2.24, 2.45) is 0 Å². The summed E-state index contributed by atoms with van der Waals surface area (Å²) in [6.45, 7) is 1.57. The molecule has 1 rings (SSSR count). The van der Waals surface area contributed by atoms with Gasteiger partial charge in [0.1, 0.15) is 0 Å². The van der Waals surface area contributed by atoms with E-state index in [2.05, 4.69) is 5.32 Å². The average Bonchev–Trinajstić information content (AvgIpc) is 2.35. The van der Waals surface area contributed by atoms with Crippen molar-refractivity contribution in [3.05, 3.63) is 35.4 Å². The minimum absolute atomic E-state index is 0.286. The number of aliphatic hydroxyl groups is 1. The molecule has 5 nitrogen and oxygen atoms in total. The molecule has 0 aromatic heterocycles. The first-order chi connectivity index (χ1) is 8.63. The van der Waals surface area contributed by atoms with Crippen molar-refractivity contribution >= 4 is 5.97 Å². The van der Waals surface area contributed by atoms with Gasteiger partial charge in [0.15, 0.2) is 0 Å². The molecule has 0 aliphatic rings. The first-order valence-electron chi connectivity index (χ1n) is 5.83. The molecular weight excluding hydrogens is 234 g/mol. The summed E-state index contributed by atoms with van der Waals surface area (Å²) >= 11 is 0. The van der Waals surface area contributed by atoms with Gasteiger partial charge in [-0.25, -0.2) is 4.79 Å². The standard InChI is InChI=1S/C13H19NO4/c1-18-9-12(15)5-6-14-8-10-3-2-4-11(7-10)13(16)17/h2-4,7,12,14-15H,5-6,8-9H2,1H3,(H,16,17). The number of carbonyl (C=O) groups is 1. The van der Waals surface area contributed by atoms with Gasteiger partial charge in [0.2, 0.25) is 0 Å². The summed E-state index contributed by atoms with van der Waals surface area (Å²) in [5.41, 5.74) is 1.20. The minimum atomic E-state index is -0.924. The fraction of sp³-hybridized carbons (Fsp3) is 0.462. The first kappa shape index (κ1) is 14.6. The molecular formula is C13H19NO4. The molecule has 0 heterocycles. The number of carboxylic acids is 1. The van der Waals surface area contributed by atoms with Crippen molar-refractivity contribution < 1.29 is 19.7 Å². The second kappa shape index (κ2) is 7.81. The monoisotopic (exact) mass is 253 g/mol. The summed E-state index contributed by atoms with van der Waals surface area (Å²) in [4.78, 5) is 10.8. The summed E-state index contributed by atoms with van der Waals surface area (Å²) in [7, 11) is 1.55. The van der Waals surface area contributed by atoms with Crippen molar-refractivity contribution in [1.29, 1.82) is 0 Å². The SMILES string of the molecule is COCC(O)CCNCc1cccc(C(=O)O)c1. The van der Waals surface area contributed by atoms with Gasteiger partial charge in [-0.2, -0.15) is 0 Å². The summed E-state index contributed by atoms with van der Waals surface area (Å²) in [5.74, 6) is -0.924. The van der Waals surface area contributed by atoms with Gasteiger partial charge in [-0.05, 0) is 30.7 Å². The van der Waals surface area contributed by atoms with Gasteiger partial charge in [-0.3, -0.25) is 0 Å². The van der Waals surface area contributed by atoms with E-state index in [0.717, 1.165) is 5.56 Å². The van der Waals surface area contributed by atoms with E-state index in [4.69, 9.17) is 9.84 Å². The molecule has 0 fully saturated rings. The highest BCUT2D eigenvalue weighted by molar-refractivity contribution is 5.87. The van der Waals surface area contributed by atoms with Crippen LogP contribution >= 0.6 is 0 Å². The Bertz CT molecular complexity index is 381. The van der Waals surface area contributed by atoms with Crippen molar-refractivity contribution in [2.75, 3.05) is 20.3 Å². The molecule has 0 spiro atoms. The topological polar surface area (TPSA) is 78.8 Å². The van der Waals surface area contributed by atoms with Crippen LogP contribution in [0.1, 0.15) is 22.3 Å². The van der Waals surface area contributed by atoms with Crippen LogP contribution in [0.3, 0.4) is 0 Å². The van der Waals surface area contributed by atoms with E-state index in [-0.39, 0.29) is 5.56 Å². The Hall–Kier alpha value is -1.43. The van der Waals surface area contributed by atoms with E-state index in [9.17, 15) is 9.90 Å². The smallest absolute Gasteiger partial charge is 0.335 e. The highest BCUT2D eigenvalue weighted by atomic mass is 16.5. The lowest BCUT2D eigenvalue weighted by molar-refractivity contribution is 0.0594. The minimum Gasteiger partial charge on any atom is -0.478 e. The second-order valence-corrected chi connectivity index (χ2v) is 4.08. The Balaban J connectivity index is 2.31. The number of methoxy groups -OCH3 is 1. The Morgan fingerprint density at radius 3 is 2.94 bits per heavy atom. The summed E-state index contributed by atoms with van der Waals surface area (Å²) in [6, 6.07) is 6.79. The maximum Gasteiger partial charge on any atom is 0.335 e. The fourth-order valence-corrected chi connectivity index (χ4v) is 1.59. The largest absolute Gasteiger partial charge is 0.478 e. The van der Waals surface area contributed by atoms with Crippen molar-refractivity contribution in [3.8, 4) is 0 Å². The molecule has 0 amide bonds. The number of hydrogen-bond donors (Lipinski definition) is 3.